The van der Waals surface area contributed by atoms with E-state index in [0.29, 0.717) is 6.54 Å². The molecule has 1 aliphatic rings. The normalized spacial score (nSPS) is 18.4. The summed E-state index contributed by atoms with van der Waals surface area (Å²) in [6.45, 7) is 0.473. The van der Waals surface area contributed by atoms with Crippen molar-refractivity contribution in [2.75, 3.05) is 7.05 Å². The molecule has 0 aliphatic heterocycles. The molecule has 1 aromatic rings. The summed E-state index contributed by atoms with van der Waals surface area (Å²) in [5.74, 6) is 0. The predicted molar refractivity (Wildman–Crippen MR) is 79.3 cm³/mol. The number of hydrogen-bond acceptors (Lipinski definition) is 3. The van der Waals surface area contributed by atoms with Crippen LogP contribution in [0.3, 0.4) is 0 Å². The van der Waals surface area contributed by atoms with Crippen LogP contribution in [-0.2, 0) is 16.6 Å². The maximum atomic E-state index is 12.4. The summed E-state index contributed by atoms with van der Waals surface area (Å²) in [5, 5.41) is 1.83. The summed E-state index contributed by atoms with van der Waals surface area (Å²) in [6, 6.07) is 1.98. The fraction of sp³-hybridized carbons (Fsp3) is 0.667. The Morgan fingerprint density at radius 1 is 1.39 bits per heavy atom. The summed E-state index contributed by atoms with van der Waals surface area (Å²) in [6.07, 6.45) is 4.90. The fourth-order valence-corrected chi connectivity index (χ4v) is 5.36. The largest absolute Gasteiger partial charge is 0.217 e. The van der Waals surface area contributed by atoms with Crippen LogP contribution in [0.15, 0.2) is 15.2 Å². The first-order valence-corrected chi connectivity index (χ1v) is 9.36. The maximum Gasteiger partial charge on any atom is 0.217 e. The van der Waals surface area contributed by atoms with Crippen molar-refractivity contribution in [3.63, 3.8) is 0 Å². The molecule has 1 saturated carbocycles. The first-order valence-electron chi connectivity index (χ1n) is 6.18. The van der Waals surface area contributed by atoms with E-state index in [-0.39, 0.29) is 5.25 Å². The summed E-state index contributed by atoms with van der Waals surface area (Å²) in [5.41, 5.74) is 1.05. The molecule has 0 saturated heterocycles. The van der Waals surface area contributed by atoms with Crippen molar-refractivity contribution in [3.8, 4) is 0 Å². The Labute approximate surface area is 121 Å². The van der Waals surface area contributed by atoms with Gasteiger partial charge in [-0.1, -0.05) is 19.3 Å². The Bertz CT molecular complexity index is 492. The van der Waals surface area contributed by atoms with Crippen molar-refractivity contribution in [3.05, 3.63) is 20.8 Å². The Morgan fingerprint density at radius 3 is 2.61 bits per heavy atom. The lowest BCUT2D eigenvalue weighted by molar-refractivity contribution is 0.423. The quantitative estimate of drug-likeness (QED) is 0.830. The Balaban J connectivity index is 2.04. The van der Waals surface area contributed by atoms with Crippen LogP contribution in [0.25, 0.3) is 0 Å². The van der Waals surface area contributed by atoms with E-state index in [0.717, 1.165) is 35.0 Å². The molecule has 0 aromatic carbocycles. The number of nitrogens with zero attached hydrogens (tertiary/aromatic N) is 1. The molecule has 1 fully saturated rings. The summed E-state index contributed by atoms with van der Waals surface area (Å²) in [4.78, 5) is 0. The van der Waals surface area contributed by atoms with Crippen LogP contribution >= 0.6 is 27.3 Å². The lowest BCUT2D eigenvalue weighted by atomic mass is 10.0. The number of hydrogen-bond donors (Lipinski definition) is 0. The third-order valence-corrected chi connectivity index (χ3v) is 7.30. The first kappa shape index (κ1) is 14.5. The number of thiophene rings is 1. The number of sulfonamides is 1. The zero-order valence-electron chi connectivity index (χ0n) is 10.4. The van der Waals surface area contributed by atoms with E-state index >= 15 is 0 Å². The van der Waals surface area contributed by atoms with Crippen LogP contribution in [0.5, 0.6) is 0 Å². The molecule has 0 N–H and O–H groups in total. The van der Waals surface area contributed by atoms with Crippen LogP contribution in [-0.4, -0.2) is 25.0 Å². The molecule has 1 heterocycles. The highest BCUT2D eigenvalue weighted by molar-refractivity contribution is 9.11. The van der Waals surface area contributed by atoms with Crippen LogP contribution < -0.4 is 0 Å². The molecular formula is C12H18BrNO2S2. The lowest BCUT2D eigenvalue weighted by Gasteiger charge is -2.26. The first-order chi connectivity index (χ1) is 8.50. The minimum atomic E-state index is -3.13. The van der Waals surface area contributed by atoms with Gasteiger partial charge >= 0.3 is 0 Å². The molecule has 0 atom stereocenters. The van der Waals surface area contributed by atoms with Gasteiger partial charge in [0, 0.05) is 13.6 Å². The second-order valence-corrected chi connectivity index (χ2v) is 9.43. The SMILES string of the molecule is CN(Cc1csc(Br)c1)S(=O)(=O)C1CCCCC1. The Kier molecular flexibility index (Phi) is 4.86. The van der Waals surface area contributed by atoms with E-state index in [2.05, 4.69) is 15.9 Å². The van der Waals surface area contributed by atoms with E-state index in [1.54, 1.807) is 18.4 Å². The van der Waals surface area contributed by atoms with Crippen molar-refractivity contribution in [2.24, 2.45) is 0 Å². The molecule has 3 nitrogen and oxygen atoms in total. The van der Waals surface area contributed by atoms with Crippen molar-refractivity contribution in [1.29, 1.82) is 0 Å². The van der Waals surface area contributed by atoms with Gasteiger partial charge in [0.25, 0.3) is 0 Å². The third kappa shape index (κ3) is 3.35. The summed E-state index contributed by atoms with van der Waals surface area (Å²) < 4.78 is 27.4. The number of halogens is 1. The summed E-state index contributed by atoms with van der Waals surface area (Å²) >= 11 is 4.99. The topological polar surface area (TPSA) is 37.4 Å². The van der Waals surface area contributed by atoms with Gasteiger partial charge in [-0.2, -0.15) is 0 Å². The minimum Gasteiger partial charge on any atom is -0.212 e. The Morgan fingerprint density at radius 2 is 2.06 bits per heavy atom. The van der Waals surface area contributed by atoms with E-state index in [4.69, 9.17) is 0 Å². The van der Waals surface area contributed by atoms with E-state index in [9.17, 15) is 8.42 Å². The van der Waals surface area contributed by atoms with Crippen LogP contribution in [0.2, 0.25) is 0 Å². The van der Waals surface area contributed by atoms with Crippen LogP contribution in [0, 0.1) is 0 Å². The average molecular weight is 352 g/mol. The fourth-order valence-electron chi connectivity index (χ4n) is 2.39. The van der Waals surface area contributed by atoms with E-state index < -0.39 is 10.0 Å². The Hall–Kier alpha value is 0.0900. The zero-order valence-corrected chi connectivity index (χ0v) is 13.7. The molecule has 0 amide bonds. The molecule has 1 aromatic heterocycles. The van der Waals surface area contributed by atoms with Crippen molar-refractivity contribution in [2.45, 2.75) is 43.9 Å². The summed E-state index contributed by atoms with van der Waals surface area (Å²) in [7, 11) is -1.44. The van der Waals surface area contributed by atoms with Gasteiger partial charge in [-0.25, -0.2) is 12.7 Å². The highest BCUT2D eigenvalue weighted by Gasteiger charge is 2.30. The van der Waals surface area contributed by atoms with Crippen molar-refractivity contribution < 1.29 is 8.42 Å². The van der Waals surface area contributed by atoms with Gasteiger partial charge in [0.05, 0.1) is 9.04 Å². The average Bonchev–Trinajstić information content (AvgIpc) is 2.76. The van der Waals surface area contributed by atoms with Gasteiger partial charge in [-0.3, -0.25) is 0 Å². The maximum absolute atomic E-state index is 12.4. The molecule has 0 bridgehead atoms. The monoisotopic (exact) mass is 351 g/mol. The van der Waals surface area contributed by atoms with Crippen molar-refractivity contribution in [1.82, 2.24) is 4.31 Å². The van der Waals surface area contributed by atoms with Gasteiger partial charge in [-0.05, 0) is 45.8 Å². The molecule has 18 heavy (non-hydrogen) atoms. The van der Waals surface area contributed by atoms with Gasteiger partial charge in [0.2, 0.25) is 10.0 Å². The van der Waals surface area contributed by atoms with E-state index in [1.165, 1.54) is 10.7 Å². The highest BCUT2D eigenvalue weighted by atomic mass is 79.9. The standard InChI is InChI=1S/C12H18BrNO2S2/c1-14(8-10-7-12(13)17-9-10)18(15,16)11-5-3-2-4-6-11/h7,9,11H,2-6,8H2,1H3. The molecule has 0 spiro atoms. The second-order valence-electron chi connectivity index (χ2n) is 4.82. The smallest absolute Gasteiger partial charge is 0.212 e. The lowest BCUT2D eigenvalue weighted by Crippen LogP contribution is -2.36. The van der Waals surface area contributed by atoms with Crippen LogP contribution in [0.4, 0.5) is 0 Å². The van der Waals surface area contributed by atoms with Gasteiger partial charge < -0.3 is 0 Å². The van der Waals surface area contributed by atoms with Gasteiger partial charge in [0.15, 0.2) is 0 Å². The minimum absolute atomic E-state index is 0.168. The van der Waals surface area contributed by atoms with Crippen molar-refractivity contribution >= 4 is 37.3 Å². The molecule has 0 unspecified atom stereocenters. The molecule has 6 heteroatoms. The van der Waals surface area contributed by atoms with Gasteiger partial charge in [0.1, 0.15) is 0 Å². The highest BCUT2D eigenvalue weighted by Crippen LogP contribution is 2.27. The number of rotatable bonds is 4. The molecule has 2 rings (SSSR count). The zero-order chi connectivity index (χ0) is 13.2. The van der Waals surface area contributed by atoms with E-state index in [1.807, 2.05) is 11.4 Å². The predicted octanol–water partition coefficient (Wildman–Crippen LogP) is 3.60. The van der Waals surface area contributed by atoms with Crippen LogP contribution in [0.1, 0.15) is 37.7 Å². The molecule has 1 aliphatic carbocycles. The molecule has 102 valence electrons. The molecular weight excluding hydrogens is 334 g/mol. The second kappa shape index (κ2) is 6.03. The third-order valence-electron chi connectivity index (χ3n) is 3.43. The van der Waals surface area contributed by atoms with Gasteiger partial charge in [-0.15, -0.1) is 11.3 Å². The molecule has 0 radical (unpaired) electrons.